The molecule has 0 radical (unpaired) electrons. The van der Waals surface area contributed by atoms with E-state index in [1.54, 1.807) is 91.0 Å². The predicted octanol–water partition coefficient (Wildman–Crippen LogP) is 3.80. The van der Waals surface area contributed by atoms with Gasteiger partial charge in [-0.2, -0.15) is 0 Å². The number of carbonyl (C=O) groups is 4. The summed E-state index contributed by atoms with van der Waals surface area (Å²) >= 11 is 0. The summed E-state index contributed by atoms with van der Waals surface area (Å²) in [6.45, 7) is -0.314. The van der Waals surface area contributed by atoms with Crippen LogP contribution in [-0.4, -0.2) is 42.5 Å². The van der Waals surface area contributed by atoms with E-state index < -0.39 is 35.9 Å². The lowest BCUT2D eigenvalue weighted by Crippen LogP contribution is -2.38. The highest BCUT2D eigenvalue weighted by atomic mass is 16.6. The monoisotopic (exact) mass is 456 g/mol. The standard InChI is InChI=1S/C27H20O7/c28-22-16-21(17-32-25(29)18-10-4-1-5-11-18)23(33-26(30)19-12-6-2-7-13-19)24(22)34-27(31)20-14-8-3-9-15-20/h1-16,23-24H,17H2. The Morgan fingerprint density at radius 3 is 1.47 bits per heavy atom. The summed E-state index contributed by atoms with van der Waals surface area (Å²) in [5.74, 6) is -2.62. The van der Waals surface area contributed by atoms with Gasteiger partial charge >= 0.3 is 17.9 Å². The Hall–Kier alpha value is -4.52. The molecule has 3 aromatic rings. The Morgan fingerprint density at radius 2 is 1.00 bits per heavy atom. The molecule has 4 rings (SSSR count). The van der Waals surface area contributed by atoms with Crippen LogP contribution >= 0.6 is 0 Å². The zero-order valence-electron chi connectivity index (χ0n) is 18.0. The van der Waals surface area contributed by atoms with E-state index in [1.807, 2.05) is 0 Å². The molecule has 3 aromatic carbocycles. The number of rotatable bonds is 7. The molecule has 2 atom stereocenters. The summed E-state index contributed by atoms with van der Waals surface area (Å²) in [4.78, 5) is 50.3. The van der Waals surface area contributed by atoms with E-state index in [0.29, 0.717) is 5.56 Å². The van der Waals surface area contributed by atoms with Gasteiger partial charge in [-0.05, 0) is 42.5 Å². The molecule has 0 spiro atoms. The van der Waals surface area contributed by atoms with Crippen LogP contribution in [0.15, 0.2) is 103 Å². The molecule has 0 aliphatic heterocycles. The molecule has 170 valence electrons. The Morgan fingerprint density at radius 1 is 0.588 bits per heavy atom. The first-order valence-electron chi connectivity index (χ1n) is 10.5. The first-order valence-corrected chi connectivity index (χ1v) is 10.5. The molecule has 7 heteroatoms. The van der Waals surface area contributed by atoms with E-state index in [9.17, 15) is 19.2 Å². The number of ether oxygens (including phenoxy) is 3. The van der Waals surface area contributed by atoms with Crippen LogP contribution in [0.25, 0.3) is 0 Å². The maximum absolute atomic E-state index is 12.7. The lowest BCUT2D eigenvalue weighted by Gasteiger charge is -2.22. The first kappa shape index (κ1) is 22.7. The summed E-state index contributed by atoms with van der Waals surface area (Å²) in [6.07, 6.45) is -1.45. The van der Waals surface area contributed by atoms with Gasteiger partial charge in [0.15, 0.2) is 6.10 Å². The highest BCUT2D eigenvalue weighted by Crippen LogP contribution is 2.26. The number of hydrogen-bond donors (Lipinski definition) is 0. The average Bonchev–Trinajstić information content (AvgIpc) is 3.17. The van der Waals surface area contributed by atoms with Crippen LogP contribution < -0.4 is 0 Å². The largest absolute Gasteiger partial charge is 0.457 e. The van der Waals surface area contributed by atoms with E-state index >= 15 is 0 Å². The van der Waals surface area contributed by atoms with Gasteiger partial charge < -0.3 is 14.2 Å². The van der Waals surface area contributed by atoms with Gasteiger partial charge in [0.25, 0.3) is 0 Å². The third kappa shape index (κ3) is 5.27. The summed E-state index contributed by atoms with van der Waals surface area (Å²) in [7, 11) is 0. The second-order valence-electron chi connectivity index (χ2n) is 7.45. The summed E-state index contributed by atoms with van der Waals surface area (Å²) in [5.41, 5.74) is 1.05. The van der Waals surface area contributed by atoms with Gasteiger partial charge in [0, 0.05) is 5.57 Å². The molecule has 0 aromatic heterocycles. The van der Waals surface area contributed by atoms with Crippen molar-refractivity contribution in [2.45, 2.75) is 12.2 Å². The average molecular weight is 456 g/mol. The molecule has 0 fully saturated rings. The number of benzene rings is 3. The Labute approximate surface area is 195 Å². The van der Waals surface area contributed by atoms with Crippen LogP contribution in [0.1, 0.15) is 31.1 Å². The smallest absolute Gasteiger partial charge is 0.339 e. The topological polar surface area (TPSA) is 96.0 Å². The van der Waals surface area contributed by atoms with Crippen molar-refractivity contribution in [3.05, 3.63) is 119 Å². The molecule has 1 aliphatic rings. The molecular formula is C27H20O7. The van der Waals surface area contributed by atoms with Gasteiger partial charge in [-0.3, -0.25) is 4.79 Å². The molecule has 0 saturated carbocycles. The molecule has 0 heterocycles. The molecule has 2 unspecified atom stereocenters. The Bertz CT molecular complexity index is 1220. The van der Waals surface area contributed by atoms with E-state index in [0.717, 1.165) is 0 Å². The Balaban J connectivity index is 1.53. The van der Waals surface area contributed by atoms with Crippen LogP contribution in [-0.2, 0) is 19.0 Å². The third-order valence-corrected chi connectivity index (χ3v) is 5.11. The van der Waals surface area contributed by atoms with Crippen LogP contribution in [0.3, 0.4) is 0 Å². The maximum atomic E-state index is 12.7. The fraction of sp³-hybridized carbons (Fsp3) is 0.111. The zero-order chi connectivity index (χ0) is 23.9. The first-order chi connectivity index (χ1) is 16.5. The summed E-state index contributed by atoms with van der Waals surface area (Å²) < 4.78 is 16.3. The molecule has 0 bridgehead atoms. The summed E-state index contributed by atoms with van der Waals surface area (Å²) in [6, 6.07) is 24.7. The molecule has 1 aliphatic carbocycles. The molecule has 0 N–H and O–H groups in total. The van der Waals surface area contributed by atoms with Crippen molar-refractivity contribution in [1.82, 2.24) is 0 Å². The number of hydrogen-bond acceptors (Lipinski definition) is 7. The highest BCUT2D eigenvalue weighted by molar-refractivity contribution is 6.02. The lowest BCUT2D eigenvalue weighted by molar-refractivity contribution is -0.125. The fourth-order valence-electron chi connectivity index (χ4n) is 3.39. The SMILES string of the molecule is O=C(OCC1=CC(=O)C(OC(=O)c2ccccc2)C1OC(=O)c1ccccc1)c1ccccc1. The van der Waals surface area contributed by atoms with Crippen molar-refractivity contribution >= 4 is 23.7 Å². The van der Waals surface area contributed by atoms with Crippen molar-refractivity contribution in [3.63, 3.8) is 0 Å². The van der Waals surface area contributed by atoms with Gasteiger partial charge in [0.1, 0.15) is 6.61 Å². The fourth-order valence-corrected chi connectivity index (χ4v) is 3.39. The molecular weight excluding hydrogens is 436 g/mol. The van der Waals surface area contributed by atoms with Crippen molar-refractivity contribution in [2.75, 3.05) is 6.61 Å². The van der Waals surface area contributed by atoms with Gasteiger partial charge in [0.05, 0.1) is 16.7 Å². The van der Waals surface area contributed by atoms with Crippen molar-refractivity contribution in [1.29, 1.82) is 0 Å². The lowest BCUT2D eigenvalue weighted by atomic mass is 10.1. The van der Waals surface area contributed by atoms with Crippen molar-refractivity contribution in [2.24, 2.45) is 0 Å². The van der Waals surface area contributed by atoms with E-state index in [1.165, 1.54) is 6.08 Å². The van der Waals surface area contributed by atoms with Crippen molar-refractivity contribution < 1.29 is 33.4 Å². The van der Waals surface area contributed by atoms with Gasteiger partial charge in [-0.1, -0.05) is 54.6 Å². The quantitative estimate of drug-likeness (QED) is 0.394. The van der Waals surface area contributed by atoms with Crippen LogP contribution in [0.2, 0.25) is 0 Å². The number of esters is 3. The molecule has 0 amide bonds. The number of ketones is 1. The minimum absolute atomic E-state index is 0.212. The highest BCUT2D eigenvalue weighted by Gasteiger charge is 2.42. The Kier molecular flexibility index (Phi) is 6.93. The van der Waals surface area contributed by atoms with Gasteiger partial charge in [-0.15, -0.1) is 0 Å². The molecule has 0 saturated heterocycles. The van der Waals surface area contributed by atoms with Gasteiger partial charge in [0.2, 0.25) is 11.9 Å². The maximum Gasteiger partial charge on any atom is 0.339 e. The minimum atomic E-state index is -1.40. The van der Waals surface area contributed by atoms with Crippen LogP contribution in [0, 0.1) is 0 Å². The van der Waals surface area contributed by atoms with Gasteiger partial charge in [-0.25, -0.2) is 14.4 Å². The minimum Gasteiger partial charge on any atom is -0.457 e. The van der Waals surface area contributed by atoms with E-state index in [4.69, 9.17) is 14.2 Å². The summed E-state index contributed by atoms with van der Waals surface area (Å²) in [5, 5.41) is 0. The third-order valence-electron chi connectivity index (χ3n) is 5.11. The normalized spacial score (nSPS) is 16.9. The van der Waals surface area contributed by atoms with Crippen LogP contribution in [0.4, 0.5) is 0 Å². The van der Waals surface area contributed by atoms with Crippen LogP contribution in [0.5, 0.6) is 0 Å². The predicted molar refractivity (Wildman–Crippen MR) is 121 cm³/mol. The van der Waals surface area contributed by atoms with E-state index in [2.05, 4.69) is 0 Å². The van der Waals surface area contributed by atoms with Crippen molar-refractivity contribution in [3.8, 4) is 0 Å². The van der Waals surface area contributed by atoms with E-state index in [-0.39, 0.29) is 23.3 Å². The second kappa shape index (κ2) is 10.4. The second-order valence-corrected chi connectivity index (χ2v) is 7.45. The zero-order valence-corrected chi connectivity index (χ0v) is 18.0. The molecule has 7 nitrogen and oxygen atoms in total. The number of carbonyl (C=O) groups excluding carboxylic acids is 4. The molecule has 34 heavy (non-hydrogen) atoms.